The molecule has 11 nitrogen and oxygen atoms in total. The second-order valence-electron chi connectivity index (χ2n) is 12.3. The second kappa shape index (κ2) is 10.5. The number of hydrogen-bond acceptors (Lipinski definition) is 10. The van der Waals surface area contributed by atoms with Gasteiger partial charge in [-0.05, 0) is 57.3 Å². The SMILES string of the molecule is CN(C)c1cc(CNC2CCCCC2)c(O)c2c1C[C@H]1C[C@H]3[C@H](N(C)C)C(O)=C(C(N)=O)C(=O)[C@@]3(O)C(O)=C1C2=O. The van der Waals surface area contributed by atoms with Gasteiger partial charge < -0.3 is 36.4 Å². The Morgan fingerprint density at radius 2 is 1.76 bits per heavy atom. The van der Waals surface area contributed by atoms with Crippen molar-refractivity contribution in [2.45, 2.75) is 69.2 Å². The van der Waals surface area contributed by atoms with Gasteiger partial charge in [0, 0.05) is 49.4 Å². The first kappa shape index (κ1) is 29.1. The van der Waals surface area contributed by atoms with E-state index in [0.29, 0.717) is 23.7 Å². The van der Waals surface area contributed by atoms with Gasteiger partial charge in [0.1, 0.15) is 22.8 Å². The predicted molar refractivity (Wildman–Crippen MR) is 152 cm³/mol. The predicted octanol–water partition coefficient (Wildman–Crippen LogP) is 1.61. The molecular formula is C30H40N4O7. The third-order valence-electron chi connectivity index (χ3n) is 9.45. The zero-order valence-corrected chi connectivity index (χ0v) is 24.0. The number of rotatable bonds is 6. The average molecular weight is 569 g/mol. The normalized spacial score (nSPS) is 28.5. The zero-order chi connectivity index (χ0) is 30.0. The molecule has 0 radical (unpaired) electrons. The van der Waals surface area contributed by atoms with Gasteiger partial charge in [-0.1, -0.05) is 19.3 Å². The Labute approximate surface area is 239 Å². The number of aliphatic hydroxyl groups is 3. The lowest BCUT2D eigenvalue weighted by Gasteiger charge is -2.50. The van der Waals surface area contributed by atoms with Crippen LogP contribution in [0, 0.1) is 11.8 Å². The minimum Gasteiger partial charge on any atom is -0.510 e. The van der Waals surface area contributed by atoms with Crippen LogP contribution in [0.2, 0.25) is 0 Å². The number of allylic oxidation sites excluding steroid dienone is 1. The van der Waals surface area contributed by atoms with Crippen molar-refractivity contribution in [3.63, 3.8) is 0 Å². The van der Waals surface area contributed by atoms with Crippen molar-refractivity contribution in [1.82, 2.24) is 10.2 Å². The number of phenolic OH excluding ortho intramolecular Hbond substituents is 1. The number of benzene rings is 1. The van der Waals surface area contributed by atoms with Crippen molar-refractivity contribution in [3.8, 4) is 5.75 Å². The van der Waals surface area contributed by atoms with Gasteiger partial charge in [0.05, 0.1) is 11.6 Å². The molecule has 0 aromatic heterocycles. The number of ketones is 2. The van der Waals surface area contributed by atoms with E-state index in [9.17, 15) is 34.8 Å². The van der Waals surface area contributed by atoms with Crippen LogP contribution in [0.1, 0.15) is 60.0 Å². The van der Waals surface area contributed by atoms with E-state index in [1.807, 2.05) is 25.1 Å². The van der Waals surface area contributed by atoms with Gasteiger partial charge in [-0.25, -0.2) is 0 Å². The molecule has 1 fully saturated rings. The molecule has 0 heterocycles. The Morgan fingerprint density at radius 1 is 1.10 bits per heavy atom. The lowest BCUT2D eigenvalue weighted by Crippen LogP contribution is -2.63. The molecule has 41 heavy (non-hydrogen) atoms. The Kier molecular flexibility index (Phi) is 7.42. The zero-order valence-electron chi connectivity index (χ0n) is 24.0. The number of hydrogen-bond donors (Lipinski definition) is 6. The Bertz CT molecular complexity index is 1380. The number of fused-ring (bicyclic) bond motifs is 3. The monoisotopic (exact) mass is 568 g/mol. The summed E-state index contributed by atoms with van der Waals surface area (Å²) in [6.45, 7) is 0.355. The third kappa shape index (κ3) is 4.41. The number of phenols is 1. The molecule has 7 N–H and O–H groups in total. The number of Topliss-reactive ketones (excluding diaryl/α,β-unsaturated/α-hetero) is 2. The lowest BCUT2D eigenvalue weighted by molar-refractivity contribution is -0.148. The molecule has 222 valence electrons. The highest BCUT2D eigenvalue weighted by Crippen LogP contribution is 2.53. The van der Waals surface area contributed by atoms with Gasteiger partial charge in [-0.2, -0.15) is 0 Å². The van der Waals surface area contributed by atoms with E-state index >= 15 is 0 Å². The number of likely N-dealkylation sites (N-methyl/N-ethyl adjacent to an activating group) is 1. The van der Waals surface area contributed by atoms with Crippen LogP contribution >= 0.6 is 0 Å². The van der Waals surface area contributed by atoms with Crippen LogP contribution in [0.25, 0.3) is 0 Å². The summed E-state index contributed by atoms with van der Waals surface area (Å²) in [4.78, 5) is 43.2. The lowest BCUT2D eigenvalue weighted by atomic mass is 9.58. The first-order chi connectivity index (χ1) is 19.3. The van der Waals surface area contributed by atoms with Crippen LogP contribution in [0.4, 0.5) is 5.69 Å². The van der Waals surface area contributed by atoms with E-state index in [4.69, 9.17) is 5.73 Å². The number of aliphatic hydroxyl groups excluding tert-OH is 2. The molecule has 0 aliphatic heterocycles. The van der Waals surface area contributed by atoms with Crippen LogP contribution < -0.4 is 16.0 Å². The maximum atomic E-state index is 14.1. The number of amides is 1. The summed E-state index contributed by atoms with van der Waals surface area (Å²) in [6, 6.07) is 1.19. The minimum atomic E-state index is -2.65. The summed E-state index contributed by atoms with van der Waals surface area (Å²) in [5.74, 6) is -6.44. The molecule has 4 atom stereocenters. The number of aromatic hydroxyl groups is 1. The molecule has 4 aliphatic rings. The average Bonchev–Trinajstić information content (AvgIpc) is 2.90. The van der Waals surface area contributed by atoms with Crippen molar-refractivity contribution in [2.24, 2.45) is 17.6 Å². The maximum absolute atomic E-state index is 14.1. The molecule has 1 saturated carbocycles. The van der Waals surface area contributed by atoms with Gasteiger partial charge in [-0.15, -0.1) is 0 Å². The molecule has 11 heteroatoms. The Hall–Kier alpha value is -3.41. The van der Waals surface area contributed by atoms with E-state index in [1.54, 1.807) is 19.0 Å². The molecule has 0 bridgehead atoms. The van der Waals surface area contributed by atoms with Crippen LogP contribution in [0.3, 0.4) is 0 Å². The van der Waals surface area contributed by atoms with Crippen LogP contribution in [0.15, 0.2) is 28.7 Å². The molecule has 1 amide bonds. The van der Waals surface area contributed by atoms with Crippen LogP contribution in [0.5, 0.6) is 5.75 Å². The fourth-order valence-electron chi connectivity index (χ4n) is 7.45. The fourth-order valence-corrected chi connectivity index (χ4v) is 7.45. The summed E-state index contributed by atoms with van der Waals surface area (Å²) in [5, 5.41) is 49.2. The van der Waals surface area contributed by atoms with Crippen molar-refractivity contribution in [1.29, 1.82) is 0 Å². The topological polar surface area (TPSA) is 177 Å². The van der Waals surface area contributed by atoms with Crippen molar-refractivity contribution in [3.05, 3.63) is 45.4 Å². The molecule has 5 rings (SSSR count). The van der Waals surface area contributed by atoms with Crippen LogP contribution in [-0.4, -0.2) is 88.7 Å². The van der Waals surface area contributed by atoms with Gasteiger partial charge in [0.25, 0.3) is 5.91 Å². The highest BCUT2D eigenvalue weighted by molar-refractivity contribution is 6.24. The minimum absolute atomic E-state index is 0.0393. The maximum Gasteiger partial charge on any atom is 0.255 e. The molecular weight excluding hydrogens is 528 g/mol. The summed E-state index contributed by atoms with van der Waals surface area (Å²) < 4.78 is 0. The number of carbonyl (C=O) groups is 3. The number of nitrogens with zero attached hydrogens (tertiary/aromatic N) is 2. The highest BCUT2D eigenvalue weighted by Gasteiger charge is 2.63. The number of primary amides is 1. The Balaban J connectivity index is 1.63. The smallest absolute Gasteiger partial charge is 0.255 e. The summed E-state index contributed by atoms with van der Waals surface area (Å²) in [6.07, 6.45) is 5.91. The number of nitrogens with two attached hydrogens (primary N) is 1. The van der Waals surface area contributed by atoms with Crippen molar-refractivity contribution in [2.75, 3.05) is 33.1 Å². The fraction of sp³-hybridized carbons (Fsp3) is 0.567. The standard InChI is InChI=1S/C30H40N4O7/c1-33(2)19-12-15(13-32-16-8-6-5-7-9-16)24(35)21-17(19)10-14-11-18-23(34(3)4)26(37)22(29(31)40)28(39)30(18,41)27(38)20(14)25(21)36/h12,14,16,18,23,32,35,37-38,41H,5-11,13H2,1-4H3,(H2,31,40)/t14-,18-,23-,30-/m0/s1. The largest absolute Gasteiger partial charge is 0.510 e. The van der Waals surface area contributed by atoms with Gasteiger partial charge >= 0.3 is 0 Å². The van der Waals surface area contributed by atoms with Gasteiger partial charge in [0.15, 0.2) is 11.4 Å². The summed E-state index contributed by atoms with van der Waals surface area (Å²) >= 11 is 0. The van der Waals surface area contributed by atoms with Crippen molar-refractivity contribution >= 4 is 23.2 Å². The first-order valence-corrected chi connectivity index (χ1v) is 14.2. The Morgan fingerprint density at radius 3 is 2.34 bits per heavy atom. The van der Waals surface area contributed by atoms with E-state index in [2.05, 4.69) is 5.32 Å². The van der Waals surface area contributed by atoms with Crippen LogP contribution in [-0.2, 0) is 22.6 Å². The summed E-state index contributed by atoms with van der Waals surface area (Å²) in [7, 11) is 6.93. The number of carbonyl (C=O) groups excluding carboxylic acids is 3. The first-order valence-electron chi connectivity index (χ1n) is 14.2. The molecule has 4 aliphatic carbocycles. The number of nitrogens with one attached hydrogen (secondary N) is 1. The third-order valence-corrected chi connectivity index (χ3v) is 9.45. The molecule has 1 aromatic carbocycles. The summed E-state index contributed by atoms with van der Waals surface area (Å²) in [5.41, 5.74) is 3.76. The van der Waals surface area contributed by atoms with Crippen molar-refractivity contribution < 1.29 is 34.8 Å². The molecule has 1 aromatic rings. The van der Waals surface area contributed by atoms with E-state index in [-0.39, 0.29) is 29.7 Å². The number of anilines is 1. The van der Waals surface area contributed by atoms with Gasteiger partial charge in [0.2, 0.25) is 5.78 Å². The second-order valence-corrected chi connectivity index (χ2v) is 12.3. The van der Waals surface area contributed by atoms with E-state index in [0.717, 1.165) is 31.4 Å². The highest BCUT2D eigenvalue weighted by atomic mass is 16.3. The molecule has 0 spiro atoms. The molecule has 0 saturated heterocycles. The molecule has 0 unspecified atom stereocenters. The van der Waals surface area contributed by atoms with E-state index in [1.165, 1.54) is 6.42 Å². The van der Waals surface area contributed by atoms with Gasteiger partial charge in [-0.3, -0.25) is 19.3 Å². The quantitative estimate of drug-likeness (QED) is 0.276. The van der Waals surface area contributed by atoms with E-state index < -0.39 is 58.0 Å².